The number of halogens is 1. The molecular formula is C14H22ClN3O2. The molecule has 0 saturated carbocycles. The van der Waals surface area contributed by atoms with Gasteiger partial charge in [-0.15, -0.1) is 0 Å². The fourth-order valence-electron chi connectivity index (χ4n) is 1.83. The minimum Gasteiger partial charge on any atom is -0.394 e. The normalized spacial score (nSPS) is 12.8. The molecule has 1 unspecified atom stereocenters. The van der Waals surface area contributed by atoms with Gasteiger partial charge in [-0.05, 0) is 23.5 Å². The van der Waals surface area contributed by atoms with E-state index in [0.717, 1.165) is 5.56 Å². The van der Waals surface area contributed by atoms with E-state index in [9.17, 15) is 9.90 Å². The smallest absolute Gasteiger partial charge is 0.315 e. The van der Waals surface area contributed by atoms with Gasteiger partial charge in [0.05, 0.1) is 12.6 Å². The third kappa shape index (κ3) is 6.73. The van der Waals surface area contributed by atoms with Crippen LogP contribution in [0.2, 0.25) is 5.15 Å². The molecule has 1 atom stereocenters. The first-order valence-electron chi connectivity index (χ1n) is 6.56. The average molecular weight is 300 g/mol. The molecule has 5 nitrogen and oxygen atoms in total. The van der Waals surface area contributed by atoms with Gasteiger partial charge in [0.15, 0.2) is 0 Å². The van der Waals surface area contributed by atoms with Gasteiger partial charge in [0.25, 0.3) is 0 Å². The van der Waals surface area contributed by atoms with Crippen molar-refractivity contribution in [1.82, 2.24) is 15.6 Å². The van der Waals surface area contributed by atoms with Crippen LogP contribution >= 0.6 is 11.6 Å². The maximum atomic E-state index is 11.8. The lowest BCUT2D eigenvalue weighted by molar-refractivity contribution is 0.190. The van der Waals surface area contributed by atoms with Gasteiger partial charge in [-0.25, -0.2) is 9.78 Å². The van der Waals surface area contributed by atoms with Crippen LogP contribution in [0.3, 0.4) is 0 Å². The summed E-state index contributed by atoms with van der Waals surface area (Å²) in [5, 5.41) is 15.2. The highest BCUT2D eigenvalue weighted by Gasteiger charge is 2.19. The van der Waals surface area contributed by atoms with Crippen molar-refractivity contribution < 1.29 is 9.90 Å². The summed E-state index contributed by atoms with van der Waals surface area (Å²) in [5.74, 6) is 0. The van der Waals surface area contributed by atoms with Crippen LogP contribution in [0.5, 0.6) is 0 Å². The van der Waals surface area contributed by atoms with Crippen molar-refractivity contribution in [1.29, 1.82) is 0 Å². The molecular weight excluding hydrogens is 278 g/mol. The molecule has 0 bridgehead atoms. The van der Waals surface area contributed by atoms with Crippen molar-refractivity contribution in [3.63, 3.8) is 0 Å². The molecule has 2 amide bonds. The molecule has 1 aromatic rings. The summed E-state index contributed by atoms with van der Waals surface area (Å²) in [6, 6.07) is 2.92. The van der Waals surface area contributed by atoms with E-state index in [2.05, 4.69) is 36.4 Å². The quantitative estimate of drug-likeness (QED) is 0.731. The number of urea groups is 1. The number of carbonyl (C=O) groups excluding carboxylic acids is 1. The molecule has 1 aromatic heterocycles. The van der Waals surface area contributed by atoms with Crippen molar-refractivity contribution in [3.05, 3.63) is 29.0 Å². The second kappa shape index (κ2) is 7.45. The Labute approximate surface area is 124 Å². The Hall–Kier alpha value is -1.33. The van der Waals surface area contributed by atoms with E-state index < -0.39 is 0 Å². The lowest BCUT2D eigenvalue weighted by Gasteiger charge is -2.25. The summed E-state index contributed by atoms with van der Waals surface area (Å²) in [7, 11) is 0. The maximum Gasteiger partial charge on any atom is 0.315 e. The monoisotopic (exact) mass is 299 g/mol. The van der Waals surface area contributed by atoms with Crippen LogP contribution < -0.4 is 10.6 Å². The Morgan fingerprint density at radius 1 is 1.45 bits per heavy atom. The first-order valence-corrected chi connectivity index (χ1v) is 6.93. The molecule has 0 aliphatic heterocycles. The Morgan fingerprint density at radius 2 is 2.15 bits per heavy atom. The number of hydrogen-bond acceptors (Lipinski definition) is 3. The van der Waals surface area contributed by atoms with Gasteiger partial charge in [-0.2, -0.15) is 0 Å². The third-order valence-corrected chi connectivity index (χ3v) is 2.88. The van der Waals surface area contributed by atoms with E-state index in [-0.39, 0.29) is 24.1 Å². The Kier molecular flexibility index (Phi) is 6.23. The molecule has 112 valence electrons. The number of aliphatic hydroxyl groups excluding tert-OH is 1. The highest BCUT2D eigenvalue weighted by molar-refractivity contribution is 6.29. The number of rotatable bonds is 5. The largest absolute Gasteiger partial charge is 0.394 e. The highest BCUT2D eigenvalue weighted by Crippen LogP contribution is 2.20. The molecule has 0 radical (unpaired) electrons. The average Bonchev–Trinajstić information content (AvgIpc) is 2.35. The number of pyridine rings is 1. The van der Waals surface area contributed by atoms with E-state index in [1.54, 1.807) is 18.3 Å². The molecule has 0 aromatic carbocycles. The molecule has 0 aliphatic rings. The van der Waals surface area contributed by atoms with Gasteiger partial charge in [0.1, 0.15) is 5.15 Å². The fraction of sp³-hybridized carbons (Fsp3) is 0.571. The van der Waals surface area contributed by atoms with Crippen molar-refractivity contribution >= 4 is 17.6 Å². The Morgan fingerprint density at radius 3 is 2.65 bits per heavy atom. The molecule has 3 N–H and O–H groups in total. The van der Waals surface area contributed by atoms with Crippen molar-refractivity contribution in [2.45, 2.75) is 39.8 Å². The summed E-state index contributed by atoms with van der Waals surface area (Å²) in [6.45, 7) is 6.48. The predicted octanol–water partition coefficient (Wildman–Crippen LogP) is 2.33. The third-order valence-electron chi connectivity index (χ3n) is 2.66. The van der Waals surface area contributed by atoms with Gasteiger partial charge in [-0.1, -0.05) is 38.4 Å². The second-order valence-electron chi connectivity index (χ2n) is 5.96. The van der Waals surface area contributed by atoms with Gasteiger partial charge in [0, 0.05) is 12.7 Å². The molecule has 6 heteroatoms. The van der Waals surface area contributed by atoms with E-state index in [4.69, 9.17) is 11.6 Å². The standard InChI is InChI=1S/C14H22ClN3O2/c1-14(2,3)6-11(9-19)18-13(20)17-8-10-4-5-12(15)16-7-10/h4-5,7,11,19H,6,8-9H2,1-3H3,(H2,17,18,20). The molecule has 1 rings (SSSR count). The number of amides is 2. The zero-order valence-electron chi connectivity index (χ0n) is 12.1. The van der Waals surface area contributed by atoms with Crippen molar-refractivity contribution in [2.75, 3.05) is 6.61 Å². The number of hydrogen-bond donors (Lipinski definition) is 3. The van der Waals surface area contributed by atoms with Crippen LogP contribution in [-0.2, 0) is 6.54 Å². The number of nitrogens with zero attached hydrogens (tertiary/aromatic N) is 1. The van der Waals surface area contributed by atoms with Crippen LogP contribution in [-0.4, -0.2) is 28.8 Å². The van der Waals surface area contributed by atoms with E-state index in [1.807, 2.05) is 0 Å². The number of carbonyl (C=O) groups is 1. The van der Waals surface area contributed by atoms with Gasteiger partial charge in [0.2, 0.25) is 0 Å². The van der Waals surface area contributed by atoms with Crippen LogP contribution in [0.4, 0.5) is 4.79 Å². The zero-order valence-corrected chi connectivity index (χ0v) is 12.9. The van der Waals surface area contributed by atoms with E-state index in [0.29, 0.717) is 18.1 Å². The van der Waals surface area contributed by atoms with E-state index in [1.165, 1.54) is 0 Å². The SMILES string of the molecule is CC(C)(C)CC(CO)NC(=O)NCc1ccc(Cl)nc1. The molecule has 20 heavy (non-hydrogen) atoms. The zero-order chi connectivity index (χ0) is 15.2. The summed E-state index contributed by atoms with van der Waals surface area (Å²) >= 11 is 5.68. The van der Waals surface area contributed by atoms with Crippen LogP contribution in [0.25, 0.3) is 0 Å². The minimum atomic E-state index is -0.303. The van der Waals surface area contributed by atoms with Gasteiger partial charge >= 0.3 is 6.03 Å². The van der Waals surface area contributed by atoms with Crippen molar-refractivity contribution in [3.8, 4) is 0 Å². The van der Waals surface area contributed by atoms with Crippen LogP contribution in [0.1, 0.15) is 32.8 Å². The maximum absolute atomic E-state index is 11.8. The molecule has 0 aliphatic carbocycles. The predicted molar refractivity (Wildman–Crippen MR) is 79.6 cm³/mol. The van der Waals surface area contributed by atoms with E-state index >= 15 is 0 Å². The lowest BCUT2D eigenvalue weighted by Crippen LogP contribution is -2.45. The lowest BCUT2D eigenvalue weighted by atomic mass is 9.88. The molecule has 0 fully saturated rings. The van der Waals surface area contributed by atoms with Crippen LogP contribution in [0, 0.1) is 5.41 Å². The first kappa shape index (κ1) is 16.7. The highest BCUT2D eigenvalue weighted by atomic mass is 35.5. The van der Waals surface area contributed by atoms with Gasteiger partial charge < -0.3 is 15.7 Å². The summed E-state index contributed by atoms with van der Waals surface area (Å²) in [5.41, 5.74) is 0.904. The number of aromatic nitrogens is 1. The van der Waals surface area contributed by atoms with Crippen molar-refractivity contribution in [2.24, 2.45) is 5.41 Å². The number of nitrogens with one attached hydrogen (secondary N) is 2. The van der Waals surface area contributed by atoms with Gasteiger partial charge in [-0.3, -0.25) is 0 Å². The fourth-order valence-corrected chi connectivity index (χ4v) is 1.94. The number of aliphatic hydroxyl groups is 1. The second-order valence-corrected chi connectivity index (χ2v) is 6.35. The topological polar surface area (TPSA) is 74.2 Å². The minimum absolute atomic E-state index is 0.0424. The molecule has 0 spiro atoms. The Bertz CT molecular complexity index is 429. The summed E-state index contributed by atoms with van der Waals surface area (Å²) in [4.78, 5) is 15.7. The summed E-state index contributed by atoms with van der Waals surface area (Å²) in [6.07, 6.45) is 2.32. The molecule has 1 heterocycles. The molecule has 0 saturated heterocycles. The summed E-state index contributed by atoms with van der Waals surface area (Å²) < 4.78 is 0. The Balaban J connectivity index is 2.40. The van der Waals surface area contributed by atoms with Crippen LogP contribution in [0.15, 0.2) is 18.3 Å². The first-order chi connectivity index (χ1) is 9.30.